The average molecular weight is 398 g/mol. The van der Waals surface area contributed by atoms with Gasteiger partial charge in [0.05, 0.1) is 19.3 Å². The number of hydrogen-bond donors (Lipinski definition) is 3. The maximum atomic E-state index is 12.5. The van der Waals surface area contributed by atoms with Crippen LogP contribution in [0.3, 0.4) is 0 Å². The molecule has 0 bridgehead atoms. The number of benzene rings is 2. The third-order valence-corrected chi connectivity index (χ3v) is 4.38. The number of hydrogen-bond acceptors (Lipinski definition) is 4. The third-order valence-electron chi connectivity index (χ3n) is 4.38. The minimum atomic E-state index is -0.186. The zero-order valence-electron chi connectivity index (χ0n) is 17.1. The molecule has 2 rings (SSSR count). The van der Waals surface area contributed by atoms with E-state index in [0.717, 1.165) is 11.3 Å². The molecule has 2 amide bonds. The molecular weight excluding hydrogens is 370 g/mol. The highest BCUT2D eigenvalue weighted by Crippen LogP contribution is 2.22. The Balaban J connectivity index is 1.93. The summed E-state index contributed by atoms with van der Waals surface area (Å²) in [5, 5.41) is 5.66. The first-order chi connectivity index (χ1) is 13.9. The first-order valence-electron chi connectivity index (χ1n) is 9.60. The number of ether oxygens (including phenoxy) is 1. The number of anilines is 2. The normalized spacial score (nSPS) is 11.4. The first-order valence-corrected chi connectivity index (χ1v) is 9.60. The lowest BCUT2D eigenvalue weighted by molar-refractivity contribution is -0.883. The molecule has 0 heterocycles. The van der Waals surface area contributed by atoms with Crippen molar-refractivity contribution in [1.29, 1.82) is 0 Å². The van der Waals surface area contributed by atoms with Crippen LogP contribution in [0.1, 0.15) is 30.6 Å². The molecule has 0 aliphatic rings. The molecule has 0 fully saturated rings. The second-order valence-electron chi connectivity index (χ2n) is 6.78. The van der Waals surface area contributed by atoms with E-state index in [1.807, 2.05) is 19.1 Å². The molecule has 1 unspecified atom stereocenters. The predicted molar refractivity (Wildman–Crippen MR) is 113 cm³/mol. The topological polar surface area (TPSA) is 88.9 Å². The second-order valence-corrected chi connectivity index (χ2v) is 6.78. The van der Waals surface area contributed by atoms with E-state index in [0.29, 0.717) is 29.2 Å². The average Bonchev–Trinajstić information content (AvgIpc) is 2.68. The number of nitrogens with one attached hydrogen (secondary N) is 3. The van der Waals surface area contributed by atoms with Crippen LogP contribution in [-0.2, 0) is 9.59 Å². The Labute approximate surface area is 171 Å². The summed E-state index contributed by atoms with van der Waals surface area (Å²) in [5.74, 6) is 0.192. The molecule has 0 aliphatic carbocycles. The third kappa shape index (κ3) is 7.04. The molecule has 29 heavy (non-hydrogen) atoms. The van der Waals surface area contributed by atoms with Crippen LogP contribution < -0.4 is 20.3 Å². The monoisotopic (exact) mass is 398 g/mol. The first kappa shape index (κ1) is 22.1. The van der Waals surface area contributed by atoms with E-state index in [4.69, 9.17) is 4.74 Å². The number of Topliss-reactive ketones (excluding diaryl/α,β-unsaturated/α-hetero) is 1. The summed E-state index contributed by atoms with van der Waals surface area (Å²) >= 11 is 0. The highest BCUT2D eigenvalue weighted by atomic mass is 16.5. The van der Waals surface area contributed by atoms with Gasteiger partial charge in [0.2, 0.25) is 0 Å². The van der Waals surface area contributed by atoms with E-state index in [2.05, 4.69) is 10.6 Å². The van der Waals surface area contributed by atoms with Crippen LogP contribution in [0, 0.1) is 0 Å². The number of carbonyl (C=O) groups is 3. The molecule has 0 saturated heterocycles. The van der Waals surface area contributed by atoms with Crippen molar-refractivity contribution in [2.75, 3.05) is 37.4 Å². The molecule has 2 aromatic carbocycles. The van der Waals surface area contributed by atoms with Crippen LogP contribution in [0.25, 0.3) is 0 Å². The lowest BCUT2D eigenvalue weighted by Crippen LogP contribution is -3.14. The van der Waals surface area contributed by atoms with Gasteiger partial charge in [0.15, 0.2) is 18.9 Å². The Morgan fingerprint density at radius 2 is 1.55 bits per heavy atom. The Morgan fingerprint density at radius 3 is 2.14 bits per heavy atom. The van der Waals surface area contributed by atoms with Crippen molar-refractivity contribution in [2.45, 2.75) is 20.3 Å². The summed E-state index contributed by atoms with van der Waals surface area (Å²) < 4.78 is 5.25. The van der Waals surface area contributed by atoms with Crippen LogP contribution in [0.4, 0.5) is 11.4 Å². The smallest absolute Gasteiger partial charge is 0.279 e. The summed E-state index contributed by atoms with van der Waals surface area (Å²) in [7, 11) is 1.55. The summed E-state index contributed by atoms with van der Waals surface area (Å²) in [5.41, 5.74) is 1.81. The van der Waals surface area contributed by atoms with Gasteiger partial charge in [-0.3, -0.25) is 14.4 Å². The van der Waals surface area contributed by atoms with E-state index in [9.17, 15) is 14.4 Å². The van der Waals surface area contributed by atoms with Crippen LogP contribution in [0.2, 0.25) is 0 Å². The molecular formula is C22H28N3O4+. The number of para-hydroxylation sites is 2. The van der Waals surface area contributed by atoms with Crippen molar-refractivity contribution in [2.24, 2.45) is 0 Å². The van der Waals surface area contributed by atoms with Crippen LogP contribution in [-0.4, -0.2) is 44.3 Å². The lowest BCUT2D eigenvalue weighted by atomic mass is 10.1. The van der Waals surface area contributed by atoms with E-state index < -0.39 is 0 Å². The zero-order chi connectivity index (χ0) is 21.2. The van der Waals surface area contributed by atoms with Gasteiger partial charge in [-0.15, -0.1) is 0 Å². The van der Waals surface area contributed by atoms with E-state index in [-0.39, 0.29) is 30.7 Å². The van der Waals surface area contributed by atoms with Crippen molar-refractivity contribution in [3.05, 3.63) is 54.1 Å². The highest BCUT2D eigenvalue weighted by molar-refractivity contribution is 5.96. The van der Waals surface area contributed by atoms with Crippen molar-refractivity contribution in [3.8, 4) is 5.75 Å². The molecule has 0 spiro atoms. The fraction of sp³-hybridized carbons (Fsp3) is 0.318. The van der Waals surface area contributed by atoms with Gasteiger partial charge in [0, 0.05) is 11.3 Å². The fourth-order valence-corrected chi connectivity index (χ4v) is 2.98. The number of quaternary nitrogens is 1. The second kappa shape index (κ2) is 11.0. The quantitative estimate of drug-likeness (QED) is 0.532. The molecule has 3 N–H and O–H groups in total. The number of ketones is 1. The van der Waals surface area contributed by atoms with Gasteiger partial charge in [0.1, 0.15) is 5.75 Å². The maximum Gasteiger partial charge on any atom is 0.279 e. The van der Waals surface area contributed by atoms with Crippen LogP contribution in [0.15, 0.2) is 48.5 Å². The Hall–Kier alpha value is -3.19. The van der Waals surface area contributed by atoms with E-state index in [1.165, 1.54) is 6.92 Å². The van der Waals surface area contributed by atoms with Crippen molar-refractivity contribution in [1.82, 2.24) is 0 Å². The fourth-order valence-electron chi connectivity index (χ4n) is 2.98. The van der Waals surface area contributed by atoms with Crippen molar-refractivity contribution < 1.29 is 24.0 Å². The summed E-state index contributed by atoms with van der Waals surface area (Å²) in [6.07, 6.45) is 0.845. The zero-order valence-corrected chi connectivity index (χ0v) is 17.1. The standard InChI is InChI=1S/C22H27N3O4/c1-4-13-25(15-22(28)24-19-7-5-6-8-20(19)29-3)14-21(27)23-18-11-9-17(10-12-18)16(2)26/h5-12H,4,13-15H2,1-3H3,(H,23,27)(H,24,28)/p+1. The number of amides is 2. The van der Waals surface area contributed by atoms with Gasteiger partial charge in [-0.05, 0) is 49.7 Å². The van der Waals surface area contributed by atoms with Gasteiger partial charge in [-0.2, -0.15) is 0 Å². The SMILES string of the molecule is CCC[NH+](CC(=O)Nc1ccc(C(C)=O)cc1)CC(=O)Nc1ccccc1OC. The van der Waals surface area contributed by atoms with Gasteiger partial charge < -0.3 is 20.3 Å². The van der Waals surface area contributed by atoms with Gasteiger partial charge >= 0.3 is 0 Å². The van der Waals surface area contributed by atoms with Crippen molar-refractivity contribution >= 4 is 29.0 Å². The number of methoxy groups -OCH3 is 1. The molecule has 2 aromatic rings. The maximum absolute atomic E-state index is 12.5. The van der Waals surface area contributed by atoms with Crippen molar-refractivity contribution in [3.63, 3.8) is 0 Å². The molecule has 0 saturated carbocycles. The summed E-state index contributed by atoms with van der Waals surface area (Å²) in [6.45, 7) is 4.53. The summed E-state index contributed by atoms with van der Waals surface area (Å²) in [6, 6.07) is 13.9. The van der Waals surface area contributed by atoms with Gasteiger partial charge in [0.25, 0.3) is 11.8 Å². The highest BCUT2D eigenvalue weighted by Gasteiger charge is 2.18. The number of carbonyl (C=O) groups excluding carboxylic acids is 3. The Bertz CT molecular complexity index is 849. The van der Waals surface area contributed by atoms with Crippen LogP contribution in [0.5, 0.6) is 5.75 Å². The summed E-state index contributed by atoms with van der Waals surface area (Å²) in [4.78, 5) is 37.1. The number of rotatable bonds is 10. The molecule has 154 valence electrons. The molecule has 0 radical (unpaired) electrons. The molecule has 7 nitrogen and oxygen atoms in total. The predicted octanol–water partition coefficient (Wildman–Crippen LogP) is 1.77. The van der Waals surface area contributed by atoms with E-state index in [1.54, 1.807) is 43.5 Å². The molecule has 7 heteroatoms. The molecule has 0 aromatic heterocycles. The van der Waals surface area contributed by atoms with Gasteiger partial charge in [-0.1, -0.05) is 19.1 Å². The largest absolute Gasteiger partial charge is 0.495 e. The Morgan fingerprint density at radius 1 is 0.931 bits per heavy atom. The molecule has 1 atom stereocenters. The van der Waals surface area contributed by atoms with E-state index >= 15 is 0 Å². The van der Waals surface area contributed by atoms with Crippen LogP contribution >= 0.6 is 0 Å². The van der Waals surface area contributed by atoms with Gasteiger partial charge in [-0.25, -0.2) is 0 Å². The minimum Gasteiger partial charge on any atom is -0.495 e. The Kier molecular flexibility index (Phi) is 8.36. The molecule has 0 aliphatic heterocycles. The lowest BCUT2D eigenvalue weighted by Gasteiger charge is -2.18. The minimum absolute atomic E-state index is 0.0255.